The van der Waals surface area contributed by atoms with Crippen molar-refractivity contribution in [3.8, 4) is 0 Å². The molecule has 2 unspecified atom stereocenters. The molecule has 1 amide bonds. The lowest BCUT2D eigenvalue weighted by Crippen LogP contribution is -2.40. The van der Waals surface area contributed by atoms with E-state index in [9.17, 15) is 9.90 Å². The van der Waals surface area contributed by atoms with Gasteiger partial charge < -0.3 is 16.2 Å². The standard InChI is InChI=1S/C11H15ClN2O2/c1-7(13)11(16)14-6-10(15)8-2-4-9(12)5-3-8/h2-5,7,10,15H,6,13H2,1H3,(H,14,16). The first-order chi connectivity index (χ1) is 7.50. The lowest BCUT2D eigenvalue weighted by atomic mass is 10.1. The molecule has 0 fully saturated rings. The van der Waals surface area contributed by atoms with Crippen molar-refractivity contribution in [3.05, 3.63) is 34.9 Å². The fraction of sp³-hybridized carbons (Fsp3) is 0.364. The minimum Gasteiger partial charge on any atom is -0.387 e. The third kappa shape index (κ3) is 3.81. The van der Waals surface area contributed by atoms with Gasteiger partial charge in [0, 0.05) is 11.6 Å². The molecule has 0 radical (unpaired) electrons. The molecule has 0 aliphatic heterocycles. The van der Waals surface area contributed by atoms with Crippen LogP contribution in [0.2, 0.25) is 5.02 Å². The molecule has 1 aromatic rings. The number of nitrogens with one attached hydrogen (secondary N) is 1. The van der Waals surface area contributed by atoms with Gasteiger partial charge in [-0.3, -0.25) is 4.79 Å². The zero-order valence-corrected chi connectivity index (χ0v) is 9.74. The van der Waals surface area contributed by atoms with Gasteiger partial charge in [0.2, 0.25) is 5.91 Å². The van der Waals surface area contributed by atoms with Crippen LogP contribution in [0.1, 0.15) is 18.6 Å². The number of hydrogen-bond acceptors (Lipinski definition) is 3. The Morgan fingerprint density at radius 2 is 2.06 bits per heavy atom. The van der Waals surface area contributed by atoms with Gasteiger partial charge in [-0.25, -0.2) is 0 Å². The third-order valence-corrected chi connectivity index (χ3v) is 2.39. The van der Waals surface area contributed by atoms with Gasteiger partial charge in [-0.1, -0.05) is 23.7 Å². The summed E-state index contributed by atoms with van der Waals surface area (Å²) in [5.74, 6) is -0.284. The van der Waals surface area contributed by atoms with Gasteiger partial charge in [0.15, 0.2) is 0 Å². The molecular weight excluding hydrogens is 228 g/mol. The highest BCUT2D eigenvalue weighted by Gasteiger charge is 2.11. The van der Waals surface area contributed by atoms with Gasteiger partial charge in [0.1, 0.15) is 0 Å². The number of carbonyl (C=O) groups is 1. The summed E-state index contributed by atoms with van der Waals surface area (Å²) < 4.78 is 0. The van der Waals surface area contributed by atoms with E-state index in [-0.39, 0.29) is 12.5 Å². The summed E-state index contributed by atoms with van der Waals surface area (Å²) in [6.45, 7) is 1.73. The van der Waals surface area contributed by atoms with Crippen LogP contribution in [0.25, 0.3) is 0 Å². The number of amides is 1. The van der Waals surface area contributed by atoms with Gasteiger partial charge in [-0.05, 0) is 24.6 Å². The van der Waals surface area contributed by atoms with Crippen LogP contribution in [0, 0.1) is 0 Å². The summed E-state index contributed by atoms with van der Waals surface area (Å²) in [6, 6.07) is 6.23. The van der Waals surface area contributed by atoms with Crippen LogP contribution in [0.15, 0.2) is 24.3 Å². The number of aliphatic hydroxyl groups is 1. The molecule has 16 heavy (non-hydrogen) atoms. The second kappa shape index (κ2) is 5.84. The summed E-state index contributed by atoms with van der Waals surface area (Å²) >= 11 is 5.72. The molecule has 0 bridgehead atoms. The van der Waals surface area contributed by atoms with E-state index in [1.54, 1.807) is 31.2 Å². The minimum absolute atomic E-state index is 0.141. The van der Waals surface area contributed by atoms with Crippen LogP contribution < -0.4 is 11.1 Å². The quantitative estimate of drug-likeness (QED) is 0.732. The van der Waals surface area contributed by atoms with Crippen molar-refractivity contribution in [3.63, 3.8) is 0 Å². The Hall–Kier alpha value is -1.10. The van der Waals surface area contributed by atoms with Gasteiger partial charge in [-0.2, -0.15) is 0 Å². The predicted octanol–water partition coefficient (Wildman–Crippen LogP) is 0.837. The van der Waals surface area contributed by atoms with E-state index in [0.29, 0.717) is 10.6 Å². The summed E-state index contributed by atoms with van der Waals surface area (Å²) in [7, 11) is 0. The molecule has 4 N–H and O–H groups in total. The Kier molecular flexibility index (Phi) is 4.73. The van der Waals surface area contributed by atoms with Crippen molar-refractivity contribution < 1.29 is 9.90 Å². The van der Waals surface area contributed by atoms with Crippen LogP contribution in [0.5, 0.6) is 0 Å². The molecule has 1 rings (SSSR count). The molecule has 0 spiro atoms. The number of benzene rings is 1. The highest BCUT2D eigenvalue weighted by molar-refractivity contribution is 6.30. The molecule has 1 aromatic carbocycles. The average Bonchev–Trinajstić information content (AvgIpc) is 2.26. The molecule has 0 aromatic heterocycles. The molecule has 2 atom stereocenters. The zero-order chi connectivity index (χ0) is 12.1. The minimum atomic E-state index is -0.750. The van der Waals surface area contributed by atoms with Crippen molar-refractivity contribution in [2.45, 2.75) is 19.1 Å². The topological polar surface area (TPSA) is 75.4 Å². The summed E-state index contributed by atoms with van der Waals surface area (Å²) in [5.41, 5.74) is 6.07. The molecular formula is C11H15ClN2O2. The lowest BCUT2D eigenvalue weighted by Gasteiger charge is -2.13. The Morgan fingerprint density at radius 3 is 2.56 bits per heavy atom. The van der Waals surface area contributed by atoms with E-state index in [1.165, 1.54) is 0 Å². The Balaban J connectivity index is 2.49. The summed E-state index contributed by atoms with van der Waals surface area (Å²) in [5, 5.41) is 12.9. The molecule has 0 saturated carbocycles. The molecule has 0 heterocycles. The monoisotopic (exact) mass is 242 g/mol. The van der Waals surface area contributed by atoms with E-state index in [1.807, 2.05) is 0 Å². The van der Waals surface area contributed by atoms with Crippen LogP contribution in [-0.4, -0.2) is 23.6 Å². The average molecular weight is 243 g/mol. The lowest BCUT2D eigenvalue weighted by molar-refractivity contribution is -0.122. The van der Waals surface area contributed by atoms with Crippen molar-refractivity contribution in [2.75, 3.05) is 6.54 Å². The second-order valence-corrected chi connectivity index (χ2v) is 4.04. The van der Waals surface area contributed by atoms with Crippen LogP contribution >= 0.6 is 11.6 Å². The van der Waals surface area contributed by atoms with Crippen molar-refractivity contribution in [1.29, 1.82) is 0 Å². The number of hydrogen-bond donors (Lipinski definition) is 3. The number of carbonyl (C=O) groups excluding carboxylic acids is 1. The van der Waals surface area contributed by atoms with Crippen LogP contribution in [0.4, 0.5) is 0 Å². The van der Waals surface area contributed by atoms with Crippen LogP contribution in [-0.2, 0) is 4.79 Å². The third-order valence-electron chi connectivity index (χ3n) is 2.14. The first-order valence-electron chi connectivity index (χ1n) is 4.97. The number of aliphatic hydroxyl groups excluding tert-OH is 1. The van der Waals surface area contributed by atoms with E-state index in [0.717, 1.165) is 0 Å². The maximum Gasteiger partial charge on any atom is 0.236 e. The summed E-state index contributed by atoms with van der Waals surface area (Å²) in [6.07, 6.45) is -0.750. The van der Waals surface area contributed by atoms with Crippen molar-refractivity contribution in [1.82, 2.24) is 5.32 Å². The van der Waals surface area contributed by atoms with Gasteiger partial charge >= 0.3 is 0 Å². The molecule has 88 valence electrons. The number of rotatable bonds is 4. The maximum absolute atomic E-state index is 11.2. The highest BCUT2D eigenvalue weighted by atomic mass is 35.5. The molecule has 0 aliphatic rings. The molecule has 5 heteroatoms. The largest absolute Gasteiger partial charge is 0.387 e. The van der Waals surface area contributed by atoms with Gasteiger partial charge in [0.05, 0.1) is 12.1 Å². The summed E-state index contributed by atoms with van der Waals surface area (Å²) in [4.78, 5) is 11.2. The fourth-order valence-corrected chi connectivity index (χ4v) is 1.29. The van der Waals surface area contributed by atoms with E-state index < -0.39 is 12.1 Å². The predicted molar refractivity (Wildman–Crippen MR) is 63.1 cm³/mol. The van der Waals surface area contributed by atoms with E-state index in [4.69, 9.17) is 17.3 Å². The molecule has 0 aliphatic carbocycles. The second-order valence-electron chi connectivity index (χ2n) is 3.60. The maximum atomic E-state index is 11.2. The SMILES string of the molecule is CC(N)C(=O)NCC(O)c1ccc(Cl)cc1. The smallest absolute Gasteiger partial charge is 0.236 e. The number of halogens is 1. The molecule has 0 saturated heterocycles. The van der Waals surface area contributed by atoms with Gasteiger partial charge in [-0.15, -0.1) is 0 Å². The normalized spacial score (nSPS) is 14.2. The fourth-order valence-electron chi connectivity index (χ4n) is 1.16. The zero-order valence-electron chi connectivity index (χ0n) is 8.98. The number of nitrogens with two attached hydrogens (primary N) is 1. The Bertz CT molecular complexity index is 352. The van der Waals surface area contributed by atoms with E-state index in [2.05, 4.69) is 5.32 Å². The van der Waals surface area contributed by atoms with Crippen molar-refractivity contribution in [2.24, 2.45) is 5.73 Å². The van der Waals surface area contributed by atoms with Gasteiger partial charge in [0.25, 0.3) is 0 Å². The van der Waals surface area contributed by atoms with Crippen molar-refractivity contribution >= 4 is 17.5 Å². The van der Waals surface area contributed by atoms with E-state index >= 15 is 0 Å². The molecule has 4 nitrogen and oxygen atoms in total. The Morgan fingerprint density at radius 1 is 1.50 bits per heavy atom. The van der Waals surface area contributed by atoms with Crippen LogP contribution in [0.3, 0.4) is 0 Å². The first-order valence-corrected chi connectivity index (χ1v) is 5.35. The first kappa shape index (κ1) is 13.0. The Labute approximate surface area is 99.4 Å². The highest BCUT2D eigenvalue weighted by Crippen LogP contribution is 2.15.